The molecule has 0 atom stereocenters. The molecule has 78 valence electrons. The van der Waals surface area contributed by atoms with E-state index >= 15 is 0 Å². The second-order valence-corrected chi connectivity index (χ2v) is 4.35. The molecule has 0 saturated carbocycles. The van der Waals surface area contributed by atoms with Gasteiger partial charge in [0.05, 0.1) is 17.2 Å². The predicted molar refractivity (Wildman–Crippen MR) is 65.8 cm³/mol. The van der Waals surface area contributed by atoms with Crippen LogP contribution in [-0.2, 0) is 0 Å². The van der Waals surface area contributed by atoms with Gasteiger partial charge in [0.2, 0.25) is 0 Å². The Morgan fingerprint density at radius 2 is 2.25 bits per heavy atom. The van der Waals surface area contributed by atoms with E-state index in [0.717, 1.165) is 27.2 Å². The van der Waals surface area contributed by atoms with Crippen molar-refractivity contribution in [2.75, 3.05) is 0 Å². The van der Waals surface area contributed by atoms with E-state index in [1.54, 1.807) is 12.4 Å². The SMILES string of the molecule is O=Cc1c2cccc(Br)c2n2ccncc12. The van der Waals surface area contributed by atoms with E-state index in [1.807, 2.05) is 28.8 Å². The fourth-order valence-electron chi connectivity index (χ4n) is 1.99. The van der Waals surface area contributed by atoms with E-state index in [-0.39, 0.29) is 0 Å². The van der Waals surface area contributed by atoms with Gasteiger partial charge in [0, 0.05) is 27.8 Å². The number of rotatable bonds is 1. The van der Waals surface area contributed by atoms with Gasteiger partial charge in [-0.05, 0) is 22.0 Å². The molecule has 0 aliphatic rings. The lowest BCUT2D eigenvalue weighted by Gasteiger charge is -1.97. The quantitative estimate of drug-likeness (QED) is 0.640. The number of hydrogen-bond donors (Lipinski definition) is 0. The average Bonchev–Trinajstić information content (AvgIpc) is 2.64. The molecule has 0 aliphatic heterocycles. The Kier molecular flexibility index (Phi) is 2.04. The molecule has 2 aromatic heterocycles. The van der Waals surface area contributed by atoms with Crippen LogP contribution in [0.3, 0.4) is 0 Å². The minimum atomic E-state index is 0.685. The molecular formula is C12H7BrN2O. The first-order chi connectivity index (χ1) is 7.83. The van der Waals surface area contributed by atoms with Gasteiger partial charge in [0.25, 0.3) is 0 Å². The van der Waals surface area contributed by atoms with Crippen LogP contribution in [0.4, 0.5) is 0 Å². The summed E-state index contributed by atoms with van der Waals surface area (Å²) in [6.07, 6.45) is 6.15. The molecule has 0 aliphatic carbocycles. The summed E-state index contributed by atoms with van der Waals surface area (Å²) in [5, 5.41) is 0.942. The van der Waals surface area contributed by atoms with Gasteiger partial charge in [-0.3, -0.25) is 9.78 Å². The lowest BCUT2D eigenvalue weighted by Crippen LogP contribution is -1.85. The van der Waals surface area contributed by atoms with Crippen molar-refractivity contribution in [3.63, 3.8) is 0 Å². The van der Waals surface area contributed by atoms with Gasteiger partial charge in [-0.15, -0.1) is 0 Å². The number of halogens is 1. The van der Waals surface area contributed by atoms with E-state index in [0.29, 0.717) is 5.56 Å². The number of aromatic nitrogens is 2. The summed E-state index contributed by atoms with van der Waals surface area (Å²) in [6.45, 7) is 0. The van der Waals surface area contributed by atoms with Gasteiger partial charge >= 0.3 is 0 Å². The van der Waals surface area contributed by atoms with Gasteiger partial charge in [0.15, 0.2) is 6.29 Å². The topological polar surface area (TPSA) is 34.4 Å². The number of carbonyl (C=O) groups excluding carboxylic acids is 1. The van der Waals surface area contributed by atoms with Gasteiger partial charge in [-0.25, -0.2) is 0 Å². The number of aldehydes is 1. The van der Waals surface area contributed by atoms with Crippen LogP contribution in [0.5, 0.6) is 0 Å². The molecule has 0 N–H and O–H groups in total. The van der Waals surface area contributed by atoms with Crippen molar-refractivity contribution >= 4 is 38.6 Å². The number of nitrogens with zero attached hydrogens (tertiary/aromatic N) is 2. The maximum absolute atomic E-state index is 11.2. The fourth-order valence-corrected chi connectivity index (χ4v) is 2.55. The average molecular weight is 275 g/mol. The van der Waals surface area contributed by atoms with Crippen molar-refractivity contribution in [2.45, 2.75) is 0 Å². The standard InChI is InChI=1S/C12H7BrN2O/c13-10-3-1-2-8-9(7-16)11-6-14-4-5-15(11)12(8)10/h1-7H. The van der Waals surface area contributed by atoms with Crippen LogP contribution in [-0.4, -0.2) is 15.7 Å². The van der Waals surface area contributed by atoms with Gasteiger partial charge in [-0.1, -0.05) is 12.1 Å². The second-order valence-electron chi connectivity index (χ2n) is 3.50. The largest absolute Gasteiger partial charge is 0.312 e. The molecule has 0 fully saturated rings. The van der Waals surface area contributed by atoms with Gasteiger partial charge in [0.1, 0.15) is 0 Å². The molecule has 0 saturated heterocycles. The Bertz CT molecular complexity index is 703. The molecule has 3 aromatic rings. The Morgan fingerprint density at radius 1 is 1.38 bits per heavy atom. The van der Waals surface area contributed by atoms with Crippen molar-refractivity contribution in [3.05, 3.63) is 46.8 Å². The molecule has 2 heterocycles. The number of hydrogen-bond acceptors (Lipinski definition) is 2. The summed E-state index contributed by atoms with van der Waals surface area (Å²) >= 11 is 3.50. The highest BCUT2D eigenvalue weighted by atomic mass is 79.9. The molecule has 0 spiro atoms. The van der Waals surface area contributed by atoms with E-state index in [2.05, 4.69) is 20.9 Å². The zero-order chi connectivity index (χ0) is 11.1. The molecule has 4 heteroatoms. The van der Waals surface area contributed by atoms with Crippen LogP contribution in [0.1, 0.15) is 10.4 Å². The summed E-state index contributed by atoms with van der Waals surface area (Å²) in [6, 6.07) is 5.83. The molecule has 0 bridgehead atoms. The third kappa shape index (κ3) is 1.13. The molecule has 1 aromatic carbocycles. The first kappa shape index (κ1) is 9.54. The van der Waals surface area contributed by atoms with Gasteiger partial charge in [-0.2, -0.15) is 0 Å². The monoisotopic (exact) mass is 274 g/mol. The number of carbonyl (C=O) groups is 1. The molecule has 0 radical (unpaired) electrons. The highest BCUT2D eigenvalue weighted by molar-refractivity contribution is 9.10. The van der Waals surface area contributed by atoms with Crippen molar-refractivity contribution in [3.8, 4) is 0 Å². The number of fused-ring (bicyclic) bond motifs is 3. The maximum atomic E-state index is 11.2. The van der Waals surface area contributed by atoms with E-state index in [1.165, 1.54) is 0 Å². The Balaban J connectivity index is 2.70. The van der Waals surface area contributed by atoms with Crippen LogP contribution >= 0.6 is 15.9 Å². The van der Waals surface area contributed by atoms with E-state index in [4.69, 9.17) is 0 Å². The zero-order valence-corrected chi connectivity index (χ0v) is 9.81. The lowest BCUT2D eigenvalue weighted by molar-refractivity contribution is 0.112. The highest BCUT2D eigenvalue weighted by Gasteiger charge is 2.12. The maximum Gasteiger partial charge on any atom is 0.152 e. The zero-order valence-electron chi connectivity index (χ0n) is 8.22. The summed E-state index contributed by atoms with van der Waals surface area (Å²) in [4.78, 5) is 15.2. The van der Waals surface area contributed by atoms with Crippen LogP contribution in [0.25, 0.3) is 16.4 Å². The van der Waals surface area contributed by atoms with Crippen LogP contribution in [0.2, 0.25) is 0 Å². The first-order valence-corrected chi connectivity index (χ1v) is 5.59. The lowest BCUT2D eigenvalue weighted by atomic mass is 10.2. The van der Waals surface area contributed by atoms with Crippen LogP contribution in [0, 0.1) is 0 Å². The summed E-state index contributed by atoms with van der Waals surface area (Å²) in [5.41, 5.74) is 2.52. The minimum absolute atomic E-state index is 0.685. The first-order valence-electron chi connectivity index (χ1n) is 4.80. The molecule has 3 nitrogen and oxygen atoms in total. The number of benzene rings is 1. The molecule has 0 amide bonds. The fraction of sp³-hybridized carbons (Fsp3) is 0. The normalized spacial score (nSPS) is 11.1. The van der Waals surface area contributed by atoms with E-state index in [9.17, 15) is 4.79 Å². The summed E-state index contributed by atoms with van der Waals surface area (Å²) < 4.78 is 2.94. The Labute approximate surface area is 99.8 Å². The molecule has 16 heavy (non-hydrogen) atoms. The Morgan fingerprint density at radius 3 is 3.06 bits per heavy atom. The predicted octanol–water partition coefficient (Wildman–Crippen LogP) is 3.06. The summed E-state index contributed by atoms with van der Waals surface area (Å²) in [5.74, 6) is 0. The van der Waals surface area contributed by atoms with Gasteiger partial charge < -0.3 is 4.40 Å². The number of para-hydroxylation sites is 1. The second kappa shape index (κ2) is 3.42. The highest BCUT2D eigenvalue weighted by Crippen LogP contribution is 2.30. The molecule has 3 rings (SSSR count). The smallest absolute Gasteiger partial charge is 0.152 e. The van der Waals surface area contributed by atoms with Crippen LogP contribution < -0.4 is 0 Å². The van der Waals surface area contributed by atoms with Crippen molar-refractivity contribution in [2.24, 2.45) is 0 Å². The Hall–Kier alpha value is -1.68. The molecule has 0 unspecified atom stereocenters. The van der Waals surface area contributed by atoms with Crippen LogP contribution in [0.15, 0.2) is 41.3 Å². The third-order valence-corrected chi connectivity index (χ3v) is 3.31. The van der Waals surface area contributed by atoms with E-state index < -0.39 is 0 Å². The third-order valence-electron chi connectivity index (χ3n) is 2.67. The van der Waals surface area contributed by atoms with Crippen molar-refractivity contribution < 1.29 is 4.79 Å². The summed E-state index contributed by atoms with van der Waals surface area (Å²) in [7, 11) is 0. The minimum Gasteiger partial charge on any atom is -0.312 e. The van der Waals surface area contributed by atoms with Crippen molar-refractivity contribution in [1.82, 2.24) is 9.38 Å². The molecular weight excluding hydrogens is 268 g/mol. The van der Waals surface area contributed by atoms with Crippen molar-refractivity contribution in [1.29, 1.82) is 0 Å².